The van der Waals surface area contributed by atoms with Crippen LogP contribution in [0.2, 0.25) is 0 Å². The van der Waals surface area contributed by atoms with Gasteiger partial charge in [0.05, 0.1) is 6.61 Å². The minimum absolute atomic E-state index is 0.301. The van der Waals surface area contributed by atoms with Crippen LogP contribution in [0, 0.1) is 0 Å². The molecule has 136 valence electrons. The minimum atomic E-state index is 0.301. The van der Waals surface area contributed by atoms with Gasteiger partial charge in [0.1, 0.15) is 5.78 Å². The molecule has 0 radical (unpaired) electrons. The van der Waals surface area contributed by atoms with Crippen molar-refractivity contribution in [2.45, 2.75) is 91.4 Å². The molecule has 3 nitrogen and oxygen atoms in total. The molecule has 0 aromatic heterocycles. The second-order valence-corrected chi connectivity index (χ2v) is 6.50. The summed E-state index contributed by atoms with van der Waals surface area (Å²) in [5.41, 5.74) is 0. The first-order valence-corrected chi connectivity index (χ1v) is 9.99. The van der Waals surface area contributed by atoms with Crippen molar-refractivity contribution >= 4 is 23.2 Å². The highest BCUT2D eigenvalue weighted by Gasteiger charge is 2.07. The number of hydrogen-bond acceptors (Lipinski definition) is 3. The number of Topliss-reactive ketones (excluding diaryl/α,β-unsaturated/α-hetero) is 1. The van der Waals surface area contributed by atoms with Gasteiger partial charge in [0.2, 0.25) is 0 Å². The second-order valence-electron chi connectivity index (χ2n) is 6.15. The lowest BCUT2D eigenvalue weighted by Gasteiger charge is -2.21. The molecule has 0 aliphatic rings. The zero-order valence-corrected chi connectivity index (χ0v) is 16.4. The van der Waals surface area contributed by atoms with Gasteiger partial charge in [-0.25, -0.2) is 0 Å². The van der Waals surface area contributed by atoms with Crippen LogP contribution in [0.3, 0.4) is 0 Å². The van der Waals surface area contributed by atoms with Crippen LogP contribution in [0.15, 0.2) is 0 Å². The first-order chi connectivity index (χ1) is 11.2. The Kier molecular flexibility index (Phi) is 15.8. The van der Waals surface area contributed by atoms with Gasteiger partial charge >= 0.3 is 0 Å². The number of ketones is 1. The highest BCUT2D eigenvalue weighted by molar-refractivity contribution is 7.80. The smallest absolute Gasteiger partial charge is 0.259 e. The molecule has 0 heterocycles. The summed E-state index contributed by atoms with van der Waals surface area (Å²) in [6, 6.07) is 0. The molecule has 0 N–H and O–H groups in total. The second kappa shape index (κ2) is 16.2. The van der Waals surface area contributed by atoms with E-state index in [1.165, 1.54) is 51.4 Å². The predicted molar refractivity (Wildman–Crippen MR) is 103 cm³/mol. The van der Waals surface area contributed by atoms with Crippen molar-refractivity contribution in [2.75, 3.05) is 19.7 Å². The predicted octanol–water partition coefficient (Wildman–Crippen LogP) is 5.51. The molecular formula is C19H37NO2S. The molecule has 0 aromatic rings. The quantitative estimate of drug-likeness (QED) is 0.290. The van der Waals surface area contributed by atoms with Crippen LogP contribution in [-0.4, -0.2) is 35.6 Å². The number of carbonyl (C=O) groups excluding carboxylic acids is 1. The summed E-state index contributed by atoms with van der Waals surface area (Å²) in [5, 5.41) is 0.519. The summed E-state index contributed by atoms with van der Waals surface area (Å²) in [6.45, 7) is 8.47. The van der Waals surface area contributed by atoms with Gasteiger partial charge in [-0.2, -0.15) is 0 Å². The Morgan fingerprint density at radius 3 is 1.87 bits per heavy atom. The molecule has 0 amide bonds. The molecule has 0 unspecified atom stereocenters. The summed E-state index contributed by atoms with van der Waals surface area (Å²) < 4.78 is 5.48. The van der Waals surface area contributed by atoms with E-state index in [1.54, 1.807) is 0 Å². The molecule has 4 heteroatoms. The number of nitrogens with zero attached hydrogens (tertiary/aromatic N) is 1. The molecule has 0 atom stereocenters. The molecular weight excluding hydrogens is 306 g/mol. The number of hydrogen-bond donors (Lipinski definition) is 0. The van der Waals surface area contributed by atoms with Gasteiger partial charge in [-0.05, 0) is 32.5 Å². The van der Waals surface area contributed by atoms with E-state index in [-0.39, 0.29) is 0 Å². The topological polar surface area (TPSA) is 29.5 Å². The number of rotatable bonds is 15. The molecule has 0 rings (SSSR count). The fraction of sp³-hybridized carbons (Fsp3) is 0.895. The summed E-state index contributed by atoms with van der Waals surface area (Å²) >= 11 is 5.19. The number of carbonyl (C=O) groups is 1. The lowest BCUT2D eigenvalue weighted by molar-refractivity contribution is -0.119. The van der Waals surface area contributed by atoms with Crippen LogP contribution in [0.5, 0.6) is 0 Å². The van der Waals surface area contributed by atoms with E-state index in [9.17, 15) is 4.79 Å². The Morgan fingerprint density at radius 1 is 0.826 bits per heavy atom. The minimum Gasteiger partial charge on any atom is -0.470 e. The molecule has 0 saturated carbocycles. The normalized spacial score (nSPS) is 10.6. The lowest BCUT2D eigenvalue weighted by atomic mass is 10.0. The Labute approximate surface area is 149 Å². The molecule has 0 saturated heterocycles. The zero-order valence-electron chi connectivity index (χ0n) is 15.6. The van der Waals surface area contributed by atoms with Crippen LogP contribution in [-0.2, 0) is 9.53 Å². The summed E-state index contributed by atoms with van der Waals surface area (Å²) in [5.74, 6) is 0.301. The molecule has 0 bridgehead atoms. The van der Waals surface area contributed by atoms with Gasteiger partial charge in [0, 0.05) is 25.9 Å². The monoisotopic (exact) mass is 343 g/mol. The highest BCUT2D eigenvalue weighted by Crippen LogP contribution is 2.11. The first kappa shape index (κ1) is 22.4. The maximum atomic E-state index is 11.8. The highest BCUT2D eigenvalue weighted by atomic mass is 32.1. The van der Waals surface area contributed by atoms with Crippen LogP contribution in [0.4, 0.5) is 0 Å². The largest absolute Gasteiger partial charge is 0.470 e. The number of thiocarbonyl (C=S) groups is 1. The summed E-state index contributed by atoms with van der Waals surface area (Å²) in [6.07, 6.45) is 12.7. The van der Waals surface area contributed by atoms with Crippen LogP contribution in [0.1, 0.15) is 91.4 Å². The fourth-order valence-corrected chi connectivity index (χ4v) is 2.92. The zero-order chi connectivity index (χ0) is 17.3. The average molecular weight is 344 g/mol. The fourth-order valence-electron chi connectivity index (χ4n) is 2.58. The third-order valence-corrected chi connectivity index (χ3v) is 4.56. The van der Waals surface area contributed by atoms with Crippen LogP contribution < -0.4 is 0 Å². The molecule has 0 aliphatic carbocycles. The Morgan fingerprint density at radius 2 is 1.35 bits per heavy atom. The van der Waals surface area contributed by atoms with Gasteiger partial charge in [-0.15, -0.1) is 0 Å². The van der Waals surface area contributed by atoms with E-state index < -0.39 is 0 Å². The first-order valence-electron chi connectivity index (χ1n) is 9.59. The Bertz CT molecular complexity index is 304. The van der Waals surface area contributed by atoms with Gasteiger partial charge in [0.25, 0.3) is 5.17 Å². The standard InChI is InChI=1S/C19H37NO2S/c1-4-7-8-9-10-11-12-13-14-15-18(21)16-17-22-19(23)20(5-2)6-3/h4-17H2,1-3H3. The van der Waals surface area contributed by atoms with Crippen molar-refractivity contribution in [1.82, 2.24) is 4.90 Å². The van der Waals surface area contributed by atoms with E-state index in [4.69, 9.17) is 17.0 Å². The maximum Gasteiger partial charge on any atom is 0.259 e. The molecule has 23 heavy (non-hydrogen) atoms. The third-order valence-electron chi connectivity index (χ3n) is 4.19. The number of unbranched alkanes of at least 4 members (excludes halogenated alkanes) is 8. The van der Waals surface area contributed by atoms with Gasteiger partial charge in [0.15, 0.2) is 0 Å². The van der Waals surface area contributed by atoms with E-state index in [2.05, 4.69) is 6.92 Å². The van der Waals surface area contributed by atoms with Crippen molar-refractivity contribution in [3.8, 4) is 0 Å². The third kappa shape index (κ3) is 13.5. The number of ether oxygens (including phenoxy) is 1. The van der Waals surface area contributed by atoms with Crippen molar-refractivity contribution < 1.29 is 9.53 Å². The molecule has 0 aliphatic heterocycles. The van der Waals surface area contributed by atoms with Gasteiger partial charge < -0.3 is 9.64 Å². The SMILES string of the molecule is CCCCCCCCCCCC(=O)CCOC(=S)N(CC)CC. The Balaban J connectivity index is 3.42. The van der Waals surface area contributed by atoms with Crippen molar-refractivity contribution in [2.24, 2.45) is 0 Å². The van der Waals surface area contributed by atoms with Crippen molar-refractivity contribution in [3.63, 3.8) is 0 Å². The lowest BCUT2D eigenvalue weighted by Crippen LogP contribution is -2.31. The van der Waals surface area contributed by atoms with E-state index in [0.717, 1.165) is 19.5 Å². The molecule has 0 fully saturated rings. The summed E-state index contributed by atoms with van der Waals surface area (Å²) in [7, 11) is 0. The van der Waals surface area contributed by atoms with Gasteiger partial charge in [-0.3, -0.25) is 4.79 Å². The maximum absolute atomic E-state index is 11.8. The van der Waals surface area contributed by atoms with Crippen LogP contribution in [0.25, 0.3) is 0 Å². The van der Waals surface area contributed by atoms with E-state index >= 15 is 0 Å². The summed E-state index contributed by atoms with van der Waals surface area (Å²) in [4.78, 5) is 13.8. The van der Waals surface area contributed by atoms with E-state index in [0.29, 0.717) is 30.4 Å². The van der Waals surface area contributed by atoms with Crippen molar-refractivity contribution in [1.29, 1.82) is 0 Å². The average Bonchev–Trinajstić information content (AvgIpc) is 2.54. The van der Waals surface area contributed by atoms with E-state index in [1.807, 2.05) is 18.7 Å². The van der Waals surface area contributed by atoms with Crippen molar-refractivity contribution in [3.05, 3.63) is 0 Å². The van der Waals surface area contributed by atoms with Gasteiger partial charge in [-0.1, -0.05) is 58.3 Å². The Hall–Kier alpha value is -0.640. The molecule has 0 aromatic carbocycles. The van der Waals surface area contributed by atoms with Crippen LogP contribution >= 0.6 is 12.2 Å². The molecule has 0 spiro atoms.